The quantitative estimate of drug-likeness (QED) is 0.893. The van der Waals surface area contributed by atoms with Gasteiger partial charge in [0.1, 0.15) is 5.60 Å². The second-order valence-electron chi connectivity index (χ2n) is 6.34. The van der Waals surface area contributed by atoms with E-state index >= 15 is 0 Å². The molecule has 0 saturated heterocycles. The minimum Gasteiger partial charge on any atom is -0.444 e. The summed E-state index contributed by atoms with van der Waals surface area (Å²) in [6.07, 6.45) is 1.68. The summed E-state index contributed by atoms with van der Waals surface area (Å²) < 4.78 is 5.19. The van der Waals surface area contributed by atoms with Gasteiger partial charge < -0.3 is 9.84 Å². The maximum Gasteiger partial charge on any atom is 0.412 e. The molecule has 1 saturated carbocycles. The summed E-state index contributed by atoms with van der Waals surface area (Å²) in [5, 5.41) is 13.0. The zero-order chi connectivity index (χ0) is 15.0. The van der Waals surface area contributed by atoms with Crippen molar-refractivity contribution in [3.63, 3.8) is 0 Å². The Morgan fingerprint density at radius 3 is 2.65 bits per heavy atom. The van der Waals surface area contributed by atoms with E-state index < -0.39 is 17.3 Å². The molecule has 0 aromatic heterocycles. The number of carbonyl (C=O) groups excluding carboxylic acids is 1. The van der Waals surface area contributed by atoms with Crippen LogP contribution in [0.5, 0.6) is 0 Å². The van der Waals surface area contributed by atoms with E-state index in [0.29, 0.717) is 17.1 Å². The highest BCUT2D eigenvalue weighted by Crippen LogP contribution is 2.39. The lowest BCUT2D eigenvalue weighted by atomic mass is 10.1. The number of anilines is 1. The number of benzene rings is 1. The molecule has 5 heteroatoms. The number of amides is 1. The van der Waals surface area contributed by atoms with Crippen molar-refractivity contribution in [2.75, 3.05) is 5.32 Å². The molecule has 20 heavy (non-hydrogen) atoms. The van der Waals surface area contributed by atoms with E-state index in [1.54, 1.807) is 32.9 Å². The molecular weight excluding hydrogens is 278 g/mol. The van der Waals surface area contributed by atoms with Gasteiger partial charge in [0.05, 0.1) is 16.3 Å². The van der Waals surface area contributed by atoms with Crippen LogP contribution in [0.2, 0.25) is 5.02 Å². The van der Waals surface area contributed by atoms with Gasteiger partial charge in [0.15, 0.2) is 0 Å². The number of hydrogen-bond donors (Lipinski definition) is 2. The first kappa shape index (κ1) is 15.1. The molecule has 0 spiro atoms. The van der Waals surface area contributed by atoms with Gasteiger partial charge >= 0.3 is 6.09 Å². The summed E-state index contributed by atoms with van der Waals surface area (Å²) >= 11 is 6.07. The summed E-state index contributed by atoms with van der Waals surface area (Å²) in [6.45, 7) is 5.40. The number of nitrogens with one attached hydrogen (secondary N) is 1. The fourth-order valence-electron chi connectivity index (χ4n) is 1.89. The molecule has 1 fully saturated rings. The van der Waals surface area contributed by atoms with E-state index in [9.17, 15) is 9.90 Å². The molecule has 2 N–H and O–H groups in total. The normalized spacial score (nSPS) is 16.6. The van der Waals surface area contributed by atoms with Gasteiger partial charge in [-0.2, -0.15) is 0 Å². The highest BCUT2D eigenvalue weighted by molar-refractivity contribution is 6.33. The lowest BCUT2D eigenvalue weighted by Crippen LogP contribution is -2.27. The van der Waals surface area contributed by atoms with Crippen LogP contribution in [-0.4, -0.2) is 22.4 Å². The number of hydrogen-bond acceptors (Lipinski definition) is 3. The molecule has 110 valence electrons. The van der Waals surface area contributed by atoms with E-state index in [1.165, 1.54) is 0 Å². The largest absolute Gasteiger partial charge is 0.444 e. The maximum absolute atomic E-state index is 11.7. The zero-order valence-corrected chi connectivity index (χ0v) is 12.8. The van der Waals surface area contributed by atoms with Crippen LogP contribution in [0.3, 0.4) is 0 Å². The second-order valence-corrected chi connectivity index (χ2v) is 6.75. The second kappa shape index (κ2) is 5.26. The van der Waals surface area contributed by atoms with Crippen molar-refractivity contribution in [1.82, 2.24) is 0 Å². The molecule has 1 aliphatic rings. The minimum atomic E-state index is -0.572. The Labute approximate surface area is 124 Å². The molecule has 0 aliphatic heterocycles. The first-order chi connectivity index (χ1) is 9.17. The minimum absolute atomic E-state index is 0.447. The van der Waals surface area contributed by atoms with Gasteiger partial charge in [-0.1, -0.05) is 17.7 Å². The monoisotopic (exact) mass is 297 g/mol. The Morgan fingerprint density at radius 1 is 1.45 bits per heavy atom. The van der Waals surface area contributed by atoms with Crippen molar-refractivity contribution in [3.05, 3.63) is 28.8 Å². The first-order valence-corrected chi connectivity index (χ1v) is 7.06. The fourth-order valence-corrected chi connectivity index (χ4v) is 2.06. The van der Waals surface area contributed by atoms with E-state index in [4.69, 9.17) is 16.3 Å². The third kappa shape index (κ3) is 4.39. The van der Waals surface area contributed by atoms with Gasteiger partial charge in [0.25, 0.3) is 0 Å². The summed E-state index contributed by atoms with van der Waals surface area (Å²) in [7, 11) is 0. The van der Waals surface area contributed by atoms with Gasteiger partial charge in [0.2, 0.25) is 0 Å². The van der Waals surface area contributed by atoms with Crippen LogP contribution in [-0.2, 0) is 11.2 Å². The number of aliphatic hydroxyl groups is 1. The molecule has 4 nitrogen and oxygen atoms in total. The van der Waals surface area contributed by atoms with Gasteiger partial charge in [-0.05, 0) is 51.3 Å². The lowest BCUT2D eigenvalue weighted by Gasteiger charge is -2.20. The molecular formula is C15H20ClNO3. The van der Waals surface area contributed by atoms with Crippen LogP contribution in [0.15, 0.2) is 18.2 Å². The SMILES string of the molecule is CC(C)(C)OC(=O)Nc1cc(CC2(O)CC2)ccc1Cl. The topological polar surface area (TPSA) is 58.6 Å². The molecule has 0 bridgehead atoms. The summed E-state index contributed by atoms with van der Waals surface area (Å²) in [4.78, 5) is 11.7. The van der Waals surface area contributed by atoms with Crippen LogP contribution in [0.25, 0.3) is 0 Å². The Kier molecular flexibility index (Phi) is 3.98. The number of halogens is 1. The smallest absolute Gasteiger partial charge is 0.412 e. The molecule has 1 aromatic rings. The maximum atomic E-state index is 11.7. The third-order valence-electron chi connectivity index (χ3n) is 3.03. The van der Waals surface area contributed by atoms with E-state index in [2.05, 4.69) is 5.32 Å². The summed E-state index contributed by atoms with van der Waals surface area (Å²) in [6, 6.07) is 5.36. The van der Waals surface area contributed by atoms with Crippen molar-refractivity contribution in [2.24, 2.45) is 0 Å². The predicted molar refractivity (Wildman–Crippen MR) is 79.2 cm³/mol. The molecule has 0 heterocycles. The number of rotatable bonds is 3. The molecule has 0 radical (unpaired) electrons. The Bertz CT molecular complexity index is 518. The fraction of sp³-hybridized carbons (Fsp3) is 0.533. The van der Waals surface area contributed by atoms with Crippen molar-refractivity contribution in [2.45, 2.75) is 51.2 Å². The van der Waals surface area contributed by atoms with Crippen LogP contribution in [0, 0.1) is 0 Å². The third-order valence-corrected chi connectivity index (χ3v) is 3.36. The van der Waals surface area contributed by atoms with Gasteiger partial charge in [-0.3, -0.25) is 5.32 Å². The Balaban J connectivity index is 2.06. The van der Waals surface area contributed by atoms with Crippen LogP contribution < -0.4 is 5.32 Å². The highest BCUT2D eigenvalue weighted by atomic mass is 35.5. The average Bonchev–Trinajstić information content (AvgIpc) is 2.98. The highest BCUT2D eigenvalue weighted by Gasteiger charge is 2.40. The average molecular weight is 298 g/mol. The predicted octanol–water partition coefficient (Wildman–Crippen LogP) is 3.75. The molecule has 1 aromatic carbocycles. The molecule has 0 unspecified atom stereocenters. The van der Waals surface area contributed by atoms with Crippen molar-refractivity contribution in [3.8, 4) is 0 Å². The molecule has 2 rings (SSSR count). The van der Waals surface area contributed by atoms with Crippen LogP contribution >= 0.6 is 11.6 Å². The molecule has 1 aliphatic carbocycles. The van der Waals surface area contributed by atoms with Gasteiger partial charge in [-0.25, -0.2) is 4.79 Å². The molecule has 0 atom stereocenters. The summed E-state index contributed by atoms with van der Waals surface area (Å²) in [5.74, 6) is 0. The summed E-state index contributed by atoms with van der Waals surface area (Å²) in [5.41, 5.74) is 0.317. The number of carbonyl (C=O) groups is 1. The van der Waals surface area contributed by atoms with E-state index in [-0.39, 0.29) is 0 Å². The van der Waals surface area contributed by atoms with E-state index in [1.807, 2.05) is 6.07 Å². The van der Waals surface area contributed by atoms with Crippen molar-refractivity contribution >= 4 is 23.4 Å². The van der Waals surface area contributed by atoms with Gasteiger partial charge in [-0.15, -0.1) is 0 Å². The van der Waals surface area contributed by atoms with Crippen molar-refractivity contribution in [1.29, 1.82) is 0 Å². The number of ether oxygens (including phenoxy) is 1. The lowest BCUT2D eigenvalue weighted by molar-refractivity contribution is 0.0636. The Hall–Kier alpha value is -1.26. The molecule has 1 amide bonds. The standard InChI is InChI=1S/C15H20ClNO3/c1-14(2,3)20-13(18)17-12-8-10(4-5-11(12)16)9-15(19)6-7-15/h4-5,8,19H,6-7,9H2,1-3H3,(H,17,18). The van der Waals surface area contributed by atoms with Crippen LogP contribution in [0.4, 0.5) is 10.5 Å². The van der Waals surface area contributed by atoms with Crippen LogP contribution in [0.1, 0.15) is 39.2 Å². The Morgan fingerprint density at radius 2 is 2.10 bits per heavy atom. The first-order valence-electron chi connectivity index (χ1n) is 6.68. The zero-order valence-electron chi connectivity index (χ0n) is 12.0. The van der Waals surface area contributed by atoms with Gasteiger partial charge in [0, 0.05) is 6.42 Å². The van der Waals surface area contributed by atoms with Crippen molar-refractivity contribution < 1.29 is 14.6 Å². The van der Waals surface area contributed by atoms with E-state index in [0.717, 1.165) is 18.4 Å².